The number of rotatable bonds is 7. The Morgan fingerprint density at radius 1 is 1.19 bits per heavy atom. The van der Waals surface area contributed by atoms with Crippen LogP contribution in [0.15, 0.2) is 24.3 Å². The van der Waals surface area contributed by atoms with Crippen molar-refractivity contribution in [3.05, 3.63) is 35.5 Å². The van der Waals surface area contributed by atoms with Crippen LogP contribution in [0.2, 0.25) is 0 Å². The molecule has 138 valence electrons. The molecule has 6 heteroatoms. The van der Waals surface area contributed by atoms with E-state index in [1.807, 2.05) is 45.3 Å². The zero-order valence-electron chi connectivity index (χ0n) is 16.1. The molecule has 6 nitrogen and oxygen atoms in total. The minimum Gasteiger partial charge on any atom is -0.495 e. The van der Waals surface area contributed by atoms with E-state index in [4.69, 9.17) is 4.74 Å². The predicted molar refractivity (Wildman–Crippen MR) is 107 cm³/mol. The van der Waals surface area contributed by atoms with Gasteiger partial charge in [-0.3, -0.25) is 0 Å². The van der Waals surface area contributed by atoms with E-state index < -0.39 is 0 Å². The summed E-state index contributed by atoms with van der Waals surface area (Å²) in [5.41, 5.74) is 2.58. The Labute approximate surface area is 155 Å². The summed E-state index contributed by atoms with van der Waals surface area (Å²) >= 11 is 0. The normalized spacial score (nSPS) is 11.3. The van der Waals surface area contributed by atoms with Gasteiger partial charge in [-0.1, -0.05) is 25.2 Å². The molecule has 26 heavy (non-hydrogen) atoms. The Kier molecular flexibility index (Phi) is 7.24. The molecule has 1 heterocycles. The SMILES string of the molecule is CCCC(C#Cc1cc(Nc2nc(C)cc(NC)n2)ccc1OC)NC. The van der Waals surface area contributed by atoms with Crippen LogP contribution < -0.4 is 20.7 Å². The molecule has 0 spiro atoms. The number of aromatic nitrogens is 2. The van der Waals surface area contributed by atoms with Crippen molar-refractivity contribution in [3.8, 4) is 17.6 Å². The third kappa shape index (κ3) is 5.36. The zero-order chi connectivity index (χ0) is 18.9. The van der Waals surface area contributed by atoms with Crippen molar-refractivity contribution >= 4 is 17.5 Å². The number of nitrogens with zero attached hydrogens (tertiary/aromatic N) is 2. The van der Waals surface area contributed by atoms with Gasteiger partial charge in [-0.05, 0) is 38.6 Å². The molecule has 0 amide bonds. The molecule has 1 unspecified atom stereocenters. The second-order valence-corrected chi connectivity index (χ2v) is 5.91. The maximum Gasteiger partial charge on any atom is 0.229 e. The second-order valence-electron chi connectivity index (χ2n) is 5.91. The fourth-order valence-electron chi connectivity index (χ4n) is 2.51. The Balaban J connectivity index is 2.29. The number of aryl methyl sites for hydroxylation is 1. The molecule has 0 bridgehead atoms. The van der Waals surface area contributed by atoms with E-state index in [9.17, 15) is 0 Å². The molecule has 1 aromatic heterocycles. The largest absolute Gasteiger partial charge is 0.495 e. The van der Waals surface area contributed by atoms with Crippen molar-refractivity contribution < 1.29 is 4.74 Å². The number of anilines is 3. The fourth-order valence-corrected chi connectivity index (χ4v) is 2.51. The van der Waals surface area contributed by atoms with E-state index in [0.29, 0.717) is 5.95 Å². The van der Waals surface area contributed by atoms with Crippen LogP contribution in [0, 0.1) is 18.8 Å². The molecule has 2 aromatic rings. The predicted octanol–water partition coefficient (Wildman–Crippen LogP) is 3.32. The molecule has 3 N–H and O–H groups in total. The van der Waals surface area contributed by atoms with E-state index in [0.717, 1.165) is 41.4 Å². The van der Waals surface area contributed by atoms with E-state index in [-0.39, 0.29) is 6.04 Å². The van der Waals surface area contributed by atoms with Gasteiger partial charge >= 0.3 is 0 Å². The lowest BCUT2D eigenvalue weighted by atomic mass is 10.1. The van der Waals surface area contributed by atoms with Gasteiger partial charge in [-0.25, -0.2) is 4.98 Å². The van der Waals surface area contributed by atoms with E-state index in [1.54, 1.807) is 7.11 Å². The molecule has 0 saturated heterocycles. The topological polar surface area (TPSA) is 71.1 Å². The molecule has 2 rings (SSSR count). The van der Waals surface area contributed by atoms with Crippen LogP contribution in [-0.2, 0) is 0 Å². The van der Waals surface area contributed by atoms with Gasteiger partial charge in [0.25, 0.3) is 0 Å². The van der Waals surface area contributed by atoms with Gasteiger partial charge in [0.2, 0.25) is 5.95 Å². The van der Waals surface area contributed by atoms with Crippen molar-refractivity contribution in [1.29, 1.82) is 0 Å². The number of nitrogens with one attached hydrogen (secondary N) is 3. The average Bonchev–Trinajstić information content (AvgIpc) is 2.64. The Morgan fingerprint density at radius 3 is 2.65 bits per heavy atom. The number of benzene rings is 1. The van der Waals surface area contributed by atoms with E-state index in [1.165, 1.54) is 0 Å². The van der Waals surface area contributed by atoms with Crippen LogP contribution in [0.3, 0.4) is 0 Å². The van der Waals surface area contributed by atoms with E-state index in [2.05, 4.69) is 44.7 Å². The summed E-state index contributed by atoms with van der Waals surface area (Å²) in [6.07, 6.45) is 2.09. The molecule has 1 atom stereocenters. The first-order chi connectivity index (χ1) is 12.6. The van der Waals surface area contributed by atoms with Gasteiger partial charge in [0.1, 0.15) is 11.6 Å². The third-order valence-electron chi connectivity index (χ3n) is 3.87. The molecule has 1 aromatic carbocycles. The Morgan fingerprint density at radius 2 is 2.00 bits per heavy atom. The highest BCUT2D eigenvalue weighted by atomic mass is 16.5. The van der Waals surface area contributed by atoms with Gasteiger partial charge in [-0.2, -0.15) is 4.98 Å². The van der Waals surface area contributed by atoms with Crippen LogP contribution in [0.5, 0.6) is 5.75 Å². The first-order valence-corrected chi connectivity index (χ1v) is 8.76. The third-order valence-corrected chi connectivity index (χ3v) is 3.87. The Hall–Kier alpha value is -2.78. The number of ether oxygens (including phenoxy) is 1. The summed E-state index contributed by atoms with van der Waals surface area (Å²) in [7, 11) is 5.41. The summed E-state index contributed by atoms with van der Waals surface area (Å²) in [5.74, 6) is 8.55. The molecule has 0 aliphatic rings. The minimum absolute atomic E-state index is 0.166. The van der Waals surface area contributed by atoms with Crippen LogP contribution in [0.4, 0.5) is 17.5 Å². The first kappa shape index (κ1) is 19.5. The minimum atomic E-state index is 0.166. The lowest BCUT2D eigenvalue weighted by molar-refractivity contribution is 0.413. The smallest absolute Gasteiger partial charge is 0.229 e. The summed E-state index contributed by atoms with van der Waals surface area (Å²) < 4.78 is 5.44. The molecule has 0 fully saturated rings. The summed E-state index contributed by atoms with van der Waals surface area (Å²) in [5, 5.41) is 9.50. The zero-order valence-corrected chi connectivity index (χ0v) is 16.1. The first-order valence-electron chi connectivity index (χ1n) is 8.76. The number of hydrogen-bond donors (Lipinski definition) is 3. The number of hydrogen-bond acceptors (Lipinski definition) is 6. The molecule has 0 saturated carbocycles. The summed E-state index contributed by atoms with van der Waals surface area (Å²) in [4.78, 5) is 8.84. The monoisotopic (exact) mass is 353 g/mol. The number of methoxy groups -OCH3 is 1. The van der Waals surface area contributed by atoms with Crippen molar-refractivity contribution in [2.45, 2.75) is 32.7 Å². The highest BCUT2D eigenvalue weighted by Gasteiger charge is 2.06. The maximum absolute atomic E-state index is 5.44. The lowest BCUT2D eigenvalue weighted by Crippen LogP contribution is -2.22. The second kappa shape index (κ2) is 9.64. The van der Waals surface area contributed by atoms with Crippen molar-refractivity contribution in [1.82, 2.24) is 15.3 Å². The quantitative estimate of drug-likeness (QED) is 0.663. The molecule has 0 radical (unpaired) electrons. The van der Waals surface area contributed by atoms with Crippen molar-refractivity contribution in [2.75, 3.05) is 31.8 Å². The van der Waals surface area contributed by atoms with Gasteiger partial charge < -0.3 is 20.7 Å². The molecular formula is C20H27N5O. The van der Waals surface area contributed by atoms with Crippen LogP contribution in [0.25, 0.3) is 0 Å². The molecular weight excluding hydrogens is 326 g/mol. The van der Waals surface area contributed by atoms with Gasteiger partial charge in [-0.15, -0.1) is 0 Å². The highest BCUT2D eigenvalue weighted by molar-refractivity contribution is 5.62. The van der Waals surface area contributed by atoms with Gasteiger partial charge in [0, 0.05) is 24.5 Å². The van der Waals surface area contributed by atoms with Crippen LogP contribution in [0.1, 0.15) is 31.0 Å². The van der Waals surface area contributed by atoms with Crippen molar-refractivity contribution in [3.63, 3.8) is 0 Å². The van der Waals surface area contributed by atoms with Gasteiger partial charge in [0.15, 0.2) is 0 Å². The summed E-state index contributed by atoms with van der Waals surface area (Å²) in [6.45, 7) is 4.09. The average molecular weight is 353 g/mol. The molecule has 0 aliphatic carbocycles. The van der Waals surface area contributed by atoms with E-state index >= 15 is 0 Å². The standard InChI is InChI=1S/C20H27N5O/c1-6-7-16(21-3)9-8-15-13-17(10-11-18(15)26-5)24-20-23-14(2)12-19(22-4)25-20/h10-13,16,21H,6-7H2,1-5H3,(H2,22,23,24,25). The fraction of sp³-hybridized carbons (Fsp3) is 0.400. The van der Waals surface area contributed by atoms with Crippen molar-refractivity contribution in [2.24, 2.45) is 0 Å². The maximum atomic E-state index is 5.44. The summed E-state index contributed by atoms with van der Waals surface area (Å²) in [6, 6.07) is 7.84. The highest BCUT2D eigenvalue weighted by Crippen LogP contribution is 2.24. The van der Waals surface area contributed by atoms with Gasteiger partial charge in [0.05, 0.1) is 18.7 Å². The van der Waals surface area contributed by atoms with Crippen LogP contribution >= 0.6 is 0 Å². The Bertz CT molecular complexity index is 795. The van der Waals surface area contributed by atoms with Crippen LogP contribution in [-0.4, -0.2) is 37.2 Å². The molecule has 0 aliphatic heterocycles. The lowest BCUT2D eigenvalue weighted by Gasteiger charge is -2.10.